The van der Waals surface area contributed by atoms with Gasteiger partial charge in [0.25, 0.3) is 0 Å². The van der Waals surface area contributed by atoms with Crippen molar-refractivity contribution in [1.82, 2.24) is 0 Å². The Hall–Kier alpha value is -0.810. The molecule has 78 valence electrons. The van der Waals surface area contributed by atoms with Crippen molar-refractivity contribution in [3.05, 3.63) is 21.4 Å². The van der Waals surface area contributed by atoms with Gasteiger partial charge in [-0.05, 0) is 56.6 Å². The molecular weight excluding hydrogens is 202 g/mol. The molecule has 1 heterocycles. The summed E-state index contributed by atoms with van der Waals surface area (Å²) >= 11 is 1.92. The molecule has 0 bridgehead atoms. The molecule has 3 rings (SSSR count). The van der Waals surface area contributed by atoms with Crippen molar-refractivity contribution in [2.45, 2.75) is 50.4 Å². The third-order valence-corrected chi connectivity index (χ3v) is 5.33. The van der Waals surface area contributed by atoms with Gasteiger partial charge in [-0.15, -0.1) is 11.3 Å². The molecule has 1 aromatic rings. The average Bonchev–Trinajstić information content (AvgIpc) is 2.60. The van der Waals surface area contributed by atoms with Gasteiger partial charge in [-0.1, -0.05) is 0 Å². The van der Waals surface area contributed by atoms with Crippen LogP contribution < -0.4 is 0 Å². The normalized spacial score (nSPS) is 22.6. The van der Waals surface area contributed by atoms with Crippen LogP contribution in [0.5, 0.6) is 0 Å². The van der Waals surface area contributed by atoms with Crippen LogP contribution in [0.1, 0.15) is 47.4 Å². The average molecular weight is 217 g/mol. The number of rotatable bonds is 1. The minimum Gasteiger partial charge on any atom is -0.197 e. The molecule has 0 N–H and O–H groups in total. The Morgan fingerprint density at radius 1 is 1.20 bits per heavy atom. The molecule has 0 amide bonds. The molecule has 0 spiro atoms. The summed E-state index contributed by atoms with van der Waals surface area (Å²) in [6, 6.07) is 4.89. The predicted octanol–water partition coefficient (Wildman–Crippen LogP) is 3.57. The molecule has 1 nitrogen and oxygen atoms in total. The van der Waals surface area contributed by atoms with Gasteiger partial charge in [-0.25, -0.2) is 0 Å². The highest BCUT2D eigenvalue weighted by atomic mass is 32.1. The molecule has 1 fully saturated rings. The van der Waals surface area contributed by atoms with Crippen molar-refractivity contribution in [2.24, 2.45) is 0 Å². The molecule has 0 atom stereocenters. The van der Waals surface area contributed by atoms with Gasteiger partial charge in [0.05, 0.1) is 11.5 Å². The van der Waals surface area contributed by atoms with Gasteiger partial charge in [0.15, 0.2) is 0 Å². The van der Waals surface area contributed by atoms with Crippen molar-refractivity contribution < 1.29 is 0 Å². The second-order valence-corrected chi connectivity index (χ2v) is 5.95. The van der Waals surface area contributed by atoms with Crippen LogP contribution in [0.4, 0.5) is 0 Å². The van der Waals surface area contributed by atoms with Crippen LogP contribution in [0.25, 0.3) is 0 Å². The van der Waals surface area contributed by atoms with Crippen LogP contribution in [0.2, 0.25) is 0 Å². The number of fused-ring (bicyclic) bond motifs is 1. The molecule has 0 unspecified atom stereocenters. The summed E-state index contributed by atoms with van der Waals surface area (Å²) in [6.07, 6.45) is 8.58. The Bertz CT molecular complexity index is 397. The molecule has 2 heteroatoms. The zero-order valence-electron chi connectivity index (χ0n) is 8.88. The summed E-state index contributed by atoms with van der Waals surface area (Å²) in [5.41, 5.74) is 1.46. The summed E-state index contributed by atoms with van der Waals surface area (Å²) in [5, 5.41) is 9.31. The topological polar surface area (TPSA) is 23.8 Å². The summed E-state index contributed by atoms with van der Waals surface area (Å²) in [4.78, 5) is 2.93. The summed E-state index contributed by atoms with van der Waals surface area (Å²) in [6.45, 7) is 0. The smallest absolute Gasteiger partial charge is 0.0914 e. The third kappa shape index (κ3) is 1.33. The quantitative estimate of drug-likeness (QED) is 0.705. The van der Waals surface area contributed by atoms with E-state index in [2.05, 4.69) is 12.1 Å². The monoisotopic (exact) mass is 217 g/mol. The first-order chi connectivity index (χ1) is 7.34. The summed E-state index contributed by atoms with van der Waals surface area (Å²) in [7, 11) is 0. The third-order valence-electron chi connectivity index (χ3n) is 3.89. The van der Waals surface area contributed by atoms with E-state index in [-0.39, 0.29) is 5.41 Å². The zero-order chi connectivity index (χ0) is 10.3. The van der Waals surface area contributed by atoms with E-state index >= 15 is 0 Å². The van der Waals surface area contributed by atoms with E-state index in [0.717, 1.165) is 12.8 Å². The molecule has 0 aliphatic heterocycles. The van der Waals surface area contributed by atoms with Gasteiger partial charge in [-0.3, -0.25) is 0 Å². The van der Waals surface area contributed by atoms with Crippen LogP contribution >= 0.6 is 11.3 Å². The van der Waals surface area contributed by atoms with E-state index in [1.165, 1.54) is 37.0 Å². The highest BCUT2D eigenvalue weighted by molar-refractivity contribution is 7.12. The SMILES string of the molecule is N#CC1(c2cc3c(s2)CCCC3)CCC1. The molecule has 0 saturated heterocycles. The second-order valence-electron chi connectivity index (χ2n) is 4.81. The van der Waals surface area contributed by atoms with E-state index in [1.807, 2.05) is 11.3 Å². The van der Waals surface area contributed by atoms with Crippen LogP contribution in [-0.4, -0.2) is 0 Å². The lowest BCUT2D eigenvalue weighted by atomic mass is 9.69. The van der Waals surface area contributed by atoms with E-state index < -0.39 is 0 Å². The fourth-order valence-electron chi connectivity index (χ4n) is 2.67. The van der Waals surface area contributed by atoms with Gasteiger partial charge in [0.1, 0.15) is 0 Å². The lowest BCUT2D eigenvalue weighted by Gasteiger charge is -2.34. The molecule has 1 aromatic heterocycles. The highest BCUT2D eigenvalue weighted by Gasteiger charge is 2.40. The summed E-state index contributed by atoms with van der Waals surface area (Å²) in [5.74, 6) is 0. The summed E-state index contributed by atoms with van der Waals surface area (Å²) < 4.78 is 0. The number of nitriles is 1. The Kier molecular flexibility index (Phi) is 2.10. The first-order valence-electron chi connectivity index (χ1n) is 5.87. The van der Waals surface area contributed by atoms with Crippen molar-refractivity contribution >= 4 is 11.3 Å². The van der Waals surface area contributed by atoms with E-state index in [0.29, 0.717) is 0 Å². The lowest BCUT2D eigenvalue weighted by molar-refractivity contribution is 0.330. The van der Waals surface area contributed by atoms with Crippen molar-refractivity contribution in [3.63, 3.8) is 0 Å². The molecular formula is C13H15NS. The minimum absolute atomic E-state index is 0.0813. The van der Waals surface area contributed by atoms with Gasteiger partial charge in [0, 0.05) is 9.75 Å². The van der Waals surface area contributed by atoms with Gasteiger partial charge in [0.2, 0.25) is 0 Å². The molecule has 2 aliphatic carbocycles. The number of thiophene rings is 1. The van der Waals surface area contributed by atoms with Crippen LogP contribution in [0.15, 0.2) is 6.07 Å². The standard InChI is InChI=1S/C13H15NS/c14-9-13(6-3-7-13)12-8-10-4-1-2-5-11(10)15-12/h8H,1-7H2. The molecule has 1 saturated carbocycles. The van der Waals surface area contributed by atoms with E-state index in [4.69, 9.17) is 0 Å². The first kappa shape index (κ1) is 9.42. The van der Waals surface area contributed by atoms with E-state index in [1.54, 1.807) is 10.4 Å². The highest BCUT2D eigenvalue weighted by Crippen LogP contribution is 2.47. The fourth-order valence-corrected chi connectivity index (χ4v) is 4.12. The Labute approximate surface area is 94.7 Å². The number of nitrogens with zero attached hydrogens (tertiary/aromatic N) is 1. The van der Waals surface area contributed by atoms with Crippen molar-refractivity contribution in [2.75, 3.05) is 0 Å². The number of aryl methyl sites for hydroxylation is 2. The van der Waals surface area contributed by atoms with E-state index in [9.17, 15) is 5.26 Å². The maximum absolute atomic E-state index is 9.31. The van der Waals surface area contributed by atoms with Crippen molar-refractivity contribution in [3.8, 4) is 6.07 Å². The predicted molar refractivity (Wildman–Crippen MR) is 62.1 cm³/mol. The van der Waals surface area contributed by atoms with Gasteiger partial charge in [-0.2, -0.15) is 5.26 Å². The second kappa shape index (κ2) is 3.35. The molecule has 2 aliphatic rings. The fraction of sp³-hybridized carbons (Fsp3) is 0.615. The first-order valence-corrected chi connectivity index (χ1v) is 6.69. The number of hydrogen-bond donors (Lipinski definition) is 0. The van der Waals surface area contributed by atoms with Crippen LogP contribution in [0, 0.1) is 11.3 Å². The Morgan fingerprint density at radius 3 is 2.60 bits per heavy atom. The Balaban J connectivity index is 1.99. The maximum Gasteiger partial charge on any atom is 0.0914 e. The van der Waals surface area contributed by atoms with Gasteiger partial charge < -0.3 is 0 Å². The largest absolute Gasteiger partial charge is 0.197 e. The zero-order valence-corrected chi connectivity index (χ0v) is 9.70. The van der Waals surface area contributed by atoms with Crippen LogP contribution in [-0.2, 0) is 18.3 Å². The Morgan fingerprint density at radius 2 is 2.00 bits per heavy atom. The molecule has 0 aromatic carbocycles. The molecule has 15 heavy (non-hydrogen) atoms. The minimum atomic E-state index is -0.0813. The maximum atomic E-state index is 9.31. The van der Waals surface area contributed by atoms with Crippen molar-refractivity contribution in [1.29, 1.82) is 5.26 Å². The van der Waals surface area contributed by atoms with Crippen LogP contribution in [0.3, 0.4) is 0 Å². The number of hydrogen-bond acceptors (Lipinski definition) is 2. The molecule has 0 radical (unpaired) electrons. The lowest BCUT2D eigenvalue weighted by Crippen LogP contribution is -2.31. The van der Waals surface area contributed by atoms with Gasteiger partial charge >= 0.3 is 0 Å².